The van der Waals surface area contributed by atoms with Crippen molar-refractivity contribution in [1.82, 2.24) is 9.97 Å². The van der Waals surface area contributed by atoms with Crippen LogP contribution in [0, 0.1) is 0 Å². The molecular formula is C10H15ClN2O2. The number of alkyl halides is 1. The summed E-state index contributed by atoms with van der Waals surface area (Å²) >= 11 is 5.62. The summed E-state index contributed by atoms with van der Waals surface area (Å²) < 4.78 is 10.2. The molecule has 5 heteroatoms. The zero-order valence-corrected chi connectivity index (χ0v) is 9.54. The standard InChI is InChI=1S/C10H15ClN2O2/c1-14-4-5-15-3-2-10-12-7-9(6-11)8-13-10/h7-8H,2-6H2,1H3. The normalized spacial score (nSPS) is 10.5. The Hall–Kier alpha value is -0.710. The van der Waals surface area contributed by atoms with Gasteiger partial charge < -0.3 is 9.47 Å². The summed E-state index contributed by atoms with van der Waals surface area (Å²) in [4.78, 5) is 8.32. The third-order valence-corrected chi connectivity index (χ3v) is 2.12. The Kier molecular flexibility index (Phi) is 6.23. The molecule has 0 aliphatic rings. The fraction of sp³-hybridized carbons (Fsp3) is 0.600. The lowest BCUT2D eigenvalue weighted by Gasteiger charge is -2.02. The SMILES string of the molecule is COCCOCCc1ncc(CCl)cn1. The van der Waals surface area contributed by atoms with E-state index in [1.807, 2.05) is 0 Å². The first-order valence-corrected chi connectivity index (χ1v) is 5.32. The van der Waals surface area contributed by atoms with E-state index in [0.717, 1.165) is 11.4 Å². The van der Waals surface area contributed by atoms with Crippen molar-refractivity contribution in [3.63, 3.8) is 0 Å². The maximum atomic E-state index is 5.62. The van der Waals surface area contributed by atoms with Crippen LogP contribution in [0.15, 0.2) is 12.4 Å². The lowest BCUT2D eigenvalue weighted by molar-refractivity contribution is 0.0716. The zero-order chi connectivity index (χ0) is 10.9. The van der Waals surface area contributed by atoms with Crippen LogP contribution < -0.4 is 0 Å². The molecule has 0 N–H and O–H groups in total. The number of methoxy groups -OCH3 is 1. The van der Waals surface area contributed by atoms with Crippen molar-refractivity contribution in [1.29, 1.82) is 0 Å². The first-order chi connectivity index (χ1) is 7.36. The Morgan fingerprint density at radius 2 is 1.93 bits per heavy atom. The third-order valence-electron chi connectivity index (χ3n) is 1.81. The van der Waals surface area contributed by atoms with Gasteiger partial charge in [-0.15, -0.1) is 11.6 Å². The molecule has 4 nitrogen and oxygen atoms in total. The van der Waals surface area contributed by atoms with Gasteiger partial charge >= 0.3 is 0 Å². The van der Waals surface area contributed by atoms with Crippen molar-refractivity contribution in [3.8, 4) is 0 Å². The summed E-state index contributed by atoms with van der Waals surface area (Å²) in [6, 6.07) is 0. The van der Waals surface area contributed by atoms with Gasteiger partial charge in [-0.25, -0.2) is 9.97 Å². The molecule has 0 unspecified atom stereocenters. The first kappa shape index (κ1) is 12.4. The van der Waals surface area contributed by atoms with Crippen molar-refractivity contribution in [2.75, 3.05) is 26.9 Å². The summed E-state index contributed by atoms with van der Waals surface area (Å²) in [5.74, 6) is 1.23. The molecule has 0 atom stereocenters. The van der Waals surface area contributed by atoms with E-state index in [9.17, 15) is 0 Å². The highest BCUT2D eigenvalue weighted by atomic mass is 35.5. The van der Waals surface area contributed by atoms with Crippen LogP contribution in [0.3, 0.4) is 0 Å². The van der Waals surface area contributed by atoms with E-state index in [0.29, 0.717) is 32.1 Å². The van der Waals surface area contributed by atoms with Crippen LogP contribution in [0.25, 0.3) is 0 Å². The van der Waals surface area contributed by atoms with Crippen LogP contribution in [0.1, 0.15) is 11.4 Å². The topological polar surface area (TPSA) is 44.2 Å². The van der Waals surface area contributed by atoms with E-state index in [-0.39, 0.29) is 0 Å². The highest BCUT2D eigenvalue weighted by Crippen LogP contribution is 2.00. The van der Waals surface area contributed by atoms with Crippen LogP contribution >= 0.6 is 11.6 Å². The molecule has 15 heavy (non-hydrogen) atoms. The maximum Gasteiger partial charge on any atom is 0.130 e. The van der Waals surface area contributed by atoms with Gasteiger partial charge in [0.1, 0.15) is 5.82 Å². The average Bonchev–Trinajstić information content (AvgIpc) is 2.30. The number of rotatable bonds is 7. The first-order valence-electron chi connectivity index (χ1n) is 4.79. The minimum absolute atomic E-state index is 0.449. The number of hydrogen-bond donors (Lipinski definition) is 0. The molecular weight excluding hydrogens is 216 g/mol. The van der Waals surface area contributed by atoms with E-state index < -0.39 is 0 Å². The highest BCUT2D eigenvalue weighted by molar-refractivity contribution is 6.17. The fourth-order valence-electron chi connectivity index (χ4n) is 0.987. The molecule has 0 aromatic carbocycles. The molecule has 0 saturated carbocycles. The highest BCUT2D eigenvalue weighted by Gasteiger charge is 1.97. The predicted octanol–water partition coefficient (Wildman–Crippen LogP) is 1.42. The van der Waals surface area contributed by atoms with E-state index in [2.05, 4.69) is 9.97 Å². The van der Waals surface area contributed by atoms with Crippen LogP contribution in [0.5, 0.6) is 0 Å². The van der Waals surface area contributed by atoms with Crippen LogP contribution in [0.4, 0.5) is 0 Å². The van der Waals surface area contributed by atoms with Gasteiger partial charge in [0.2, 0.25) is 0 Å². The largest absolute Gasteiger partial charge is 0.382 e. The summed E-state index contributed by atoms with van der Waals surface area (Å²) in [5, 5.41) is 0. The molecule has 1 aromatic heterocycles. The van der Waals surface area contributed by atoms with Gasteiger partial charge in [-0.1, -0.05) is 0 Å². The summed E-state index contributed by atoms with van der Waals surface area (Å²) in [6.45, 7) is 1.84. The maximum absolute atomic E-state index is 5.62. The van der Waals surface area contributed by atoms with Gasteiger partial charge in [-0.2, -0.15) is 0 Å². The smallest absolute Gasteiger partial charge is 0.130 e. The molecule has 84 valence electrons. The predicted molar refractivity (Wildman–Crippen MR) is 58.0 cm³/mol. The van der Waals surface area contributed by atoms with Crippen LogP contribution in [-0.4, -0.2) is 36.9 Å². The van der Waals surface area contributed by atoms with E-state index in [1.54, 1.807) is 19.5 Å². The Morgan fingerprint density at radius 3 is 2.53 bits per heavy atom. The van der Waals surface area contributed by atoms with Crippen LogP contribution in [0.2, 0.25) is 0 Å². The molecule has 1 rings (SSSR count). The van der Waals surface area contributed by atoms with Gasteiger partial charge in [0.05, 0.1) is 25.7 Å². The molecule has 0 aliphatic heterocycles. The van der Waals surface area contributed by atoms with Crippen molar-refractivity contribution in [2.24, 2.45) is 0 Å². The molecule has 1 aromatic rings. The molecule has 0 amide bonds. The Balaban J connectivity index is 2.20. The van der Waals surface area contributed by atoms with Gasteiger partial charge in [-0.3, -0.25) is 0 Å². The monoisotopic (exact) mass is 230 g/mol. The lowest BCUT2D eigenvalue weighted by atomic mass is 10.3. The van der Waals surface area contributed by atoms with Gasteiger partial charge in [0.15, 0.2) is 0 Å². The number of halogens is 1. The number of aromatic nitrogens is 2. The van der Waals surface area contributed by atoms with Crippen molar-refractivity contribution < 1.29 is 9.47 Å². The molecule has 0 aliphatic carbocycles. The van der Waals surface area contributed by atoms with Gasteiger partial charge in [0, 0.05) is 31.5 Å². The fourth-order valence-corrected chi connectivity index (χ4v) is 1.13. The third kappa shape index (κ3) is 5.06. The van der Waals surface area contributed by atoms with Gasteiger partial charge in [0.25, 0.3) is 0 Å². The summed E-state index contributed by atoms with van der Waals surface area (Å²) in [7, 11) is 1.65. The second kappa shape index (κ2) is 7.56. The quantitative estimate of drug-likeness (QED) is 0.525. The number of hydrogen-bond acceptors (Lipinski definition) is 4. The second-order valence-corrected chi connectivity index (χ2v) is 3.26. The molecule has 0 fully saturated rings. The van der Waals surface area contributed by atoms with Crippen molar-refractivity contribution in [3.05, 3.63) is 23.8 Å². The van der Waals surface area contributed by atoms with Crippen molar-refractivity contribution in [2.45, 2.75) is 12.3 Å². The Labute approximate surface area is 94.6 Å². The summed E-state index contributed by atoms with van der Waals surface area (Å²) in [6.07, 6.45) is 4.20. The van der Waals surface area contributed by atoms with E-state index in [1.165, 1.54) is 0 Å². The molecule has 0 saturated heterocycles. The Bertz CT molecular complexity index is 267. The molecule has 0 spiro atoms. The minimum Gasteiger partial charge on any atom is -0.382 e. The minimum atomic E-state index is 0.449. The number of ether oxygens (including phenoxy) is 2. The lowest BCUT2D eigenvalue weighted by Crippen LogP contribution is -2.07. The zero-order valence-electron chi connectivity index (χ0n) is 8.78. The number of nitrogens with zero attached hydrogens (tertiary/aromatic N) is 2. The van der Waals surface area contributed by atoms with Crippen molar-refractivity contribution >= 4 is 11.6 Å². The second-order valence-electron chi connectivity index (χ2n) is 3.00. The van der Waals surface area contributed by atoms with E-state index >= 15 is 0 Å². The molecule has 0 radical (unpaired) electrons. The molecule has 1 heterocycles. The summed E-state index contributed by atoms with van der Waals surface area (Å²) in [5.41, 5.74) is 0.931. The van der Waals surface area contributed by atoms with E-state index in [4.69, 9.17) is 21.1 Å². The van der Waals surface area contributed by atoms with Gasteiger partial charge in [-0.05, 0) is 0 Å². The molecule has 0 bridgehead atoms. The average molecular weight is 231 g/mol. The van der Waals surface area contributed by atoms with Crippen LogP contribution in [-0.2, 0) is 21.8 Å². The Morgan fingerprint density at radius 1 is 1.20 bits per heavy atom.